The molecule has 1 fully saturated rings. The number of fused-ring (bicyclic) bond motifs is 1. The number of dihydropyridines is 1. The number of benzene rings is 1. The number of nitrogens with one attached hydrogen (secondary N) is 3. The van der Waals surface area contributed by atoms with Crippen LogP contribution >= 0.6 is 11.6 Å². The highest BCUT2D eigenvalue weighted by molar-refractivity contribution is 6.30. The summed E-state index contributed by atoms with van der Waals surface area (Å²) in [4.78, 5) is 11.1. The molecule has 0 saturated carbocycles. The Morgan fingerprint density at radius 2 is 2.12 bits per heavy atom. The van der Waals surface area contributed by atoms with Crippen molar-refractivity contribution in [1.82, 2.24) is 30.8 Å². The molecule has 0 aliphatic carbocycles. The van der Waals surface area contributed by atoms with Crippen LogP contribution in [0.5, 0.6) is 0 Å². The Labute approximate surface area is 158 Å². The zero-order valence-corrected chi connectivity index (χ0v) is 15.6. The molecule has 1 atom stereocenters. The highest BCUT2D eigenvalue weighted by Gasteiger charge is 2.24. The van der Waals surface area contributed by atoms with Crippen molar-refractivity contribution in [2.24, 2.45) is 0 Å². The van der Waals surface area contributed by atoms with Crippen molar-refractivity contribution in [1.29, 1.82) is 0 Å². The van der Waals surface area contributed by atoms with E-state index in [1.54, 1.807) is 12.4 Å². The molecule has 2 aliphatic heterocycles. The topological polar surface area (TPSA) is 65.1 Å². The zero-order chi connectivity index (χ0) is 17.9. The summed E-state index contributed by atoms with van der Waals surface area (Å²) in [6.45, 7) is 6.46. The maximum absolute atomic E-state index is 6.57. The van der Waals surface area contributed by atoms with Gasteiger partial charge in [-0.2, -0.15) is 0 Å². The van der Waals surface area contributed by atoms with Gasteiger partial charge in [0.1, 0.15) is 0 Å². The first-order valence-corrected chi connectivity index (χ1v) is 9.33. The van der Waals surface area contributed by atoms with Gasteiger partial charge in [-0.1, -0.05) is 17.7 Å². The summed E-state index contributed by atoms with van der Waals surface area (Å²) in [6, 6.07) is 6.62. The Hall–Kier alpha value is -2.31. The van der Waals surface area contributed by atoms with Gasteiger partial charge in [-0.3, -0.25) is 9.97 Å². The van der Waals surface area contributed by atoms with E-state index < -0.39 is 0 Å². The van der Waals surface area contributed by atoms with E-state index in [4.69, 9.17) is 11.6 Å². The molecule has 0 radical (unpaired) electrons. The lowest BCUT2D eigenvalue weighted by atomic mass is 10.1. The normalized spacial score (nSPS) is 20.8. The molecular weight excluding hydrogens is 348 g/mol. The standard InChI is InChI=1S/C19H23ClN6/c1-13-12-26(7-6-22-13)19-15(20)10-21-11-18(19)25-9-14-2-3-16-17(8-14)24-5-4-23-16/h2-5,8,11,13,21-22,25H,6-7,9-10,12H2,1H3. The number of hydrogen-bond donors (Lipinski definition) is 3. The van der Waals surface area contributed by atoms with Crippen LogP contribution in [0.3, 0.4) is 0 Å². The van der Waals surface area contributed by atoms with Crippen LogP contribution in [0.2, 0.25) is 0 Å². The molecule has 4 rings (SSSR count). The van der Waals surface area contributed by atoms with E-state index >= 15 is 0 Å². The van der Waals surface area contributed by atoms with Gasteiger partial charge in [-0.15, -0.1) is 0 Å². The average Bonchev–Trinajstić information content (AvgIpc) is 2.66. The fourth-order valence-corrected chi connectivity index (χ4v) is 3.77. The highest BCUT2D eigenvalue weighted by Crippen LogP contribution is 2.24. The molecule has 0 amide bonds. The van der Waals surface area contributed by atoms with Gasteiger partial charge in [0.15, 0.2) is 0 Å². The minimum absolute atomic E-state index is 0.455. The molecule has 2 aliphatic rings. The van der Waals surface area contributed by atoms with Crippen molar-refractivity contribution in [3.05, 3.63) is 58.8 Å². The minimum atomic E-state index is 0.455. The smallest absolute Gasteiger partial charge is 0.0890 e. The van der Waals surface area contributed by atoms with E-state index in [0.29, 0.717) is 19.1 Å². The van der Waals surface area contributed by atoms with Gasteiger partial charge in [-0.05, 0) is 24.6 Å². The Morgan fingerprint density at radius 3 is 2.96 bits per heavy atom. The summed E-state index contributed by atoms with van der Waals surface area (Å²) in [7, 11) is 0. The van der Waals surface area contributed by atoms with Crippen LogP contribution in [-0.2, 0) is 6.54 Å². The van der Waals surface area contributed by atoms with E-state index in [-0.39, 0.29) is 0 Å². The third-order valence-corrected chi connectivity index (χ3v) is 5.03. The van der Waals surface area contributed by atoms with Crippen LogP contribution in [-0.4, -0.2) is 47.1 Å². The Morgan fingerprint density at radius 1 is 1.27 bits per heavy atom. The zero-order valence-electron chi connectivity index (χ0n) is 14.8. The molecule has 3 N–H and O–H groups in total. The molecule has 2 aromatic rings. The SMILES string of the molecule is CC1CN(C2=C(Cl)CNC=C2NCc2ccc3nccnc3c2)CCN1. The van der Waals surface area contributed by atoms with Crippen molar-refractivity contribution in [3.8, 4) is 0 Å². The molecule has 136 valence electrons. The number of rotatable bonds is 4. The second-order valence-electron chi connectivity index (χ2n) is 6.73. The van der Waals surface area contributed by atoms with Crippen LogP contribution in [0.1, 0.15) is 12.5 Å². The summed E-state index contributed by atoms with van der Waals surface area (Å²) in [5.74, 6) is 0. The molecule has 7 heteroatoms. The quantitative estimate of drug-likeness (QED) is 0.764. The van der Waals surface area contributed by atoms with Gasteiger partial charge in [-0.25, -0.2) is 0 Å². The maximum atomic E-state index is 6.57. The molecule has 6 nitrogen and oxygen atoms in total. The molecule has 1 aromatic carbocycles. The van der Waals surface area contributed by atoms with E-state index in [1.807, 2.05) is 12.3 Å². The lowest BCUT2D eigenvalue weighted by molar-refractivity contribution is 0.255. The van der Waals surface area contributed by atoms with Crippen LogP contribution in [0, 0.1) is 0 Å². The minimum Gasteiger partial charge on any atom is -0.384 e. The molecule has 1 unspecified atom stereocenters. The van der Waals surface area contributed by atoms with E-state index in [1.165, 1.54) is 0 Å². The van der Waals surface area contributed by atoms with Gasteiger partial charge in [0, 0.05) is 50.8 Å². The number of nitrogens with zero attached hydrogens (tertiary/aromatic N) is 3. The number of halogens is 1. The van der Waals surface area contributed by atoms with Crippen LogP contribution in [0.4, 0.5) is 0 Å². The summed E-state index contributed by atoms with van der Waals surface area (Å²) in [5.41, 5.74) is 5.13. The van der Waals surface area contributed by atoms with Crippen LogP contribution in [0.25, 0.3) is 11.0 Å². The van der Waals surface area contributed by atoms with E-state index in [0.717, 1.165) is 52.7 Å². The van der Waals surface area contributed by atoms with Gasteiger partial charge >= 0.3 is 0 Å². The first-order chi connectivity index (χ1) is 12.7. The lowest BCUT2D eigenvalue weighted by Crippen LogP contribution is -2.50. The van der Waals surface area contributed by atoms with Crippen LogP contribution < -0.4 is 16.0 Å². The lowest BCUT2D eigenvalue weighted by Gasteiger charge is -2.38. The molecule has 0 bridgehead atoms. The summed E-state index contributed by atoms with van der Waals surface area (Å²) >= 11 is 6.57. The molecule has 3 heterocycles. The van der Waals surface area contributed by atoms with Crippen molar-refractivity contribution in [3.63, 3.8) is 0 Å². The third kappa shape index (κ3) is 3.61. The first kappa shape index (κ1) is 17.1. The Balaban J connectivity index is 1.51. The number of hydrogen-bond acceptors (Lipinski definition) is 6. The predicted octanol–water partition coefficient (Wildman–Crippen LogP) is 1.91. The summed E-state index contributed by atoms with van der Waals surface area (Å²) in [5, 5.41) is 11.1. The third-order valence-electron chi connectivity index (χ3n) is 4.72. The van der Waals surface area contributed by atoms with Crippen molar-refractivity contribution < 1.29 is 0 Å². The second-order valence-corrected chi connectivity index (χ2v) is 7.18. The molecule has 1 aromatic heterocycles. The predicted molar refractivity (Wildman–Crippen MR) is 104 cm³/mol. The summed E-state index contributed by atoms with van der Waals surface area (Å²) in [6.07, 6.45) is 5.46. The molecular formula is C19H23ClN6. The molecule has 0 spiro atoms. The Bertz CT molecular complexity index is 862. The molecule has 26 heavy (non-hydrogen) atoms. The monoisotopic (exact) mass is 370 g/mol. The highest BCUT2D eigenvalue weighted by atomic mass is 35.5. The first-order valence-electron chi connectivity index (χ1n) is 8.95. The van der Waals surface area contributed by atoms with Gasteiger partial charge in [0.2, 0.25) is 0 Å². The van der Waals surface area contributed by atoms with Gasteiger partial charge in [0.25, 0.3) is 0 Å². The van der Waals surface area contributed by atoms with Gasteiger partial charge < -0.3 is 20.9 Å². The van der Waals surface area contributed by atoms with Crippen molar-refractivity contribution in [2.45, 2.75) is 19.5 Å². The van der Waals surface area contributed by atoms with E-state index in [9.17, 15) is 0 Å². The van der Waals surface area contributed by atoms with Gasteiger partial charge in [0.05, 0.1) is 34.0 Å². The summed E-state index contributed by atoms with van der Waals surface area (Å²) < 4.78 is 0. The average molecular weight is 371 g/mol. The fraction of sp³-hybridized carbons (Fsp3) is 0.368. The van der Waals surface area contributed by atoms with Crippen molar-refractivity contribution >= 4 is 22.6 Å². The number of aromatic nitrogens is 2. The van der Waals surface area contributed by atoms with Crippen LogP contribution in [0.15, 0.2) is 53.2 Å². The fourth-order valence-electron chi connectivity index (χ4n) is 3.47. The molecule has 1 saturated heterocycles. The number of piperazine rings is 1. The van der Waals surface area contributed by atoms with Crippen molar-refractivity contribution in [2.75, 3.05) is 26.2 Å². The maximum Gasteiger partial charge on any atom is 0.0890 e. The second kappa shape index (κ2) is 7.51. The largest absolute Gasteiger partial charge is 0.384 e. The Kier molecular flexibility index (Phi) is 4.95. The van der Waals surface area contributed by atoms with E-state index in [2.05, 4.69) is 49.9 Å².